The van der Waals surface area contributed by atoms with E-state index in [9.17, 15) is 4.79 Å². The topological polar surface area (TPSA) is 89.3 Å². The number of methoxy groups -OCH3 is 1. The Balaban J connectivity index is 2.70. The normalized spacial score (nSPS) is 12.2. The first-order chi connectivity index (χ1) is 8.62. The average molecular weight is 272 g/mol. The van der Waals surface area contributed by atoms with Crippen molar-refractivity contribution in [2.45, 2.75) is 25.8 Å². The van der Waals surface area contributed by atoms with Crippen molar-refractivity contribution in [3.8, 4) is 0 Å². The molecule has 7 heteroatoms. The van der Waals surface area contributed by atoms with Crippen molar-refractivity contribution < 1.29 is 9.53 Å². The first kappa shape index (κ1) is 14.7. The molecule has 1 aromatic rings. The third kappa shape index (κ3) is 3.85. The molecule has 1 aromatic heterocycles. The van der Waals surface area contributed by atoms with Crippen LogP contribution in [-0.4, -0.2) is 37.7 Å². The molecule has 1 unspecified atom stereocenters. The van der Waals surface area contributed by atoms with Crippen molar-refractivity contribution in [2.24, 2.45) is 0 Å². The minimum absolute atomic E-state index is 0.00651. The third-order valence-corrected chi connectivity index (χ3v) is 3.50. The van der Waals surface area contributed by atoms with E-state index >= 15 is 0 Å². The summed E-state index contributed by atoms with van der Waals surface area (Å²) in [7, 11) is 3.36. The zero-order valence-corrected chi connectivity index (χ0v) is 11.8. The third-order valence-electron chi connectivity index (χ3n) is 2.41. The summed E-state index contributed by atoms with van der Waals surface area (Å²) in [4.78, 5) is 16.5. The summed E-state index contributed by atoms with van der Waals surface area (Å²) in [6, 6.07) is 0.00651. The smallest absolute Gasteiger partial charge is 0.265 e. The largest absolute Gasteiger partial charge is 0.383 e. The number of carbonyl (C=O) groups is 1. The van der Waals surface area contributed by atoms with Crippen molar-refractivity contribution in [1.82, 2.24) is 10.3 Å². The van der Waals surface area contributed by atoms with Crippen LogP contribution >= 0.6 is 11.3 Å². The van der Waals surface area contributed by atoms with E-state index in [4.69, 9.17) is 10.5 Å². The van der Waals surface area contributed by atoms with Gasteiger partial charge in [0.1, 0.15) is 10.7 Å². The Bertz CT molecular complexity index is 388. The molecule has 0 bridgehead atoms. The van der Waals surface area contributed by atoms with Gasteiger partial charge in [-0.15, -0.1) is 0 Å². The number of aromatic nitrogens is 1. The summed E-state index contributed by atoms with van der Waals surface area (Å²) in [5.74, 6) is 0.0662. The minimum atomic E-state index is -0.193. The van der Waals surface area contributed by atoms with Crippen LogP contribution in [-0.2, 0) is 4.74 Å². The van der Waals surface area contributed by atoms with Gasteiger partial charge < -0.3 is 21.1 Å². The SMILES string of the molecule is CCCC(COC)NC(=O)c1sc(NC)nc1N. The summed E-state index contributed by atoms with van der Waals surface area (Å²) in [5.41, 5.74) is 5.71. The van der Waals surface area contributed by atoms with E-state index < -0.39 is 0 Å². The first-order valence-corrected chi connectivity index (χ1v) is 6.67. The first-order valence-electron chi connectivity index (χ1n) is 5.86. The molecule has 0 fully saturated rings. The van der Waals surface area contributed by atoms with Gasteiger partial charge in [-0.3, -0.25) is 4.79 Å². The molecule has 0 saturated carbocycles. The Labute approximate surface area is 111 Å². The van der Waals surface area contributed by atoms with Crippen LogP contribution in [0.1, 0.15) is 29.4 Å². The van der Waals surface area contributed by atoms with E-state index in [0.29, 0.717) is 16.6 Å². The summed E-state index contributed by atoms with van der Waals surface area (Å²) in [6.45, 7) is 2.56. The number of rotatable bonds is 7. The molecule has 0 aliphatic heterocycles. The van der Waals surface area contributed by atoms with E-state index in [0.717, 1.165) is 12.8 Å². The predicted octanol–water partition coefficient (Wildman–Crippen LogP) is 1.31. The Hall–Kier alpha value is -1.34. The minimum Gasteiger partial charge on any atom is -0.383 e. The molecular weight excluding hydrogens is 252 g/mol. The molecule has 18 heavy (non-hydrogen) atoms. The fraction of sp³-hybridized carbons (Fsp3) is 0.636. The van der Waals surface area contributed by atoms with Crippen molar-refractivity contribution in [2.75, 3.05) is 31.8 Å². The maximum Gasteiger partial charge on any atom is 0.265 e. The summed E-state index contributed by atoms with van der Waals surface area (Å²) < 4.78 is 5.08. The number of nitrogens with one attached hydrogen (secondary N) is 2. The van der Waals surface area contributed by atoms with E-state index in [1.807, 2.05) is 0 Å². The quantitative estimate of drug-likeness (QED) is 0.696. The second-order valence-electron chi connectivity index (χ2n) is 3.90. The number of hydrogen-bond acceptors (Lipinski definition) is 6. The number of nitrogens with two attached hydrogens (primary N) is 1. The van der Waals surface area contributed by atoms with Gasteiger partial charge in [0.15, 0.2) is 5.13 Å². The van der Waals surface area contributed by atoms with Gasteiger partial charge in [-0.05, 0) is 6.42 Å². The zero-order valence-electron chi connectivity index (χ0n) is 10.9. The number of amides is 1. The number of hydrogen-bond donors (Lipinski definition) is 3. The molecule has 0 aliphatic rings. The van der Waals surface area contributed by atoms with Crippen molar-refractivity contribution >= 4 is 28.2 Å². The molecule has 6 nitrogen and oxygen atoms in total. The highest BCUT2D eigenvalue weighted by Crippen LogP contribution is 2.24. The molecule has 0 aliphatic carbocycles. The second-order valence-corrected chi connectivity index (χ2v) is 4.90. The monoisotopic (exact) mass is 272 g/mol. The molecule has 0 spiro atoms. The van der Waals surface area contributed by atoms with Gasteiger partial charge in [0.2, 0.25) is 0 Å². The molecular formula is C11H20N4O2S. The average Bonchev–Trinajstić information content (AvgIpc) is 2.71. The number of carbonyl (C=O) groups excluding carboxylic acids is 1. The van der Waals surface area contributed by atoms with Gasteiger partial charge in [0, 0.05) is 14.2 Å². The van der Waals surface area contributed by atoms with Crippen LogP contribution in [0.3, 0.4) is 0 Å². The van der Waals surface area contributed by atoms with Crippen LogP contribution in [0.4, 0.5) is 10.9 Å². The van der Waals surface area contributed by atoms with Gasteiger partial charge >= 0.3 is 0 Å². The molecule has 4 N–H and O–H groups in total. The van der Waals surface area contributed by atoms with Gasteiger partial charge in [0.25, 0.3) is 5.91 Å². The fourth-order valence-electron chi connectivity index (χ4n) is 1.60. The lowest BCUT2D eigenvalue weighted by Crippen LogP contribution is -2.37. The van der Waals surface area contributed by atoms with Gasteiger partial charge in [0.05, 0.1) is 12.6 Å². The Morgan fingerprint density at radius 1 is 1.61 bits per heavy atom. The van der Waals surface area contributed by atoms with Crippen LogP contribution in [0, 0.1) is 0 Å². The molecule has 102 valence electrons. The van der Waals surface area contributed by atoms with Crippen molar-refractivity contribution in [3.63, 3.8) is 0 Å². The zero-order chi connectivity index (χ0) is 13.5. The van der Waals surface area contributed by atoms with E-state index in [1.165, 1.54) is 11.3 Å². The maximum absolute atomic E-state index is 12.1. The molecule has 0 saturated heterocycles. The van der Waals surface area contributed by atoms with Crippen molar-refractivity contribution in [3.05, 3.63) is 4.88 Å². The van der Waals surface area contributed by atoms with Crippen LogP contribution in [0.15, 0.2) is 0 Å². The molecule has 1 rings (SSSR count). The standard InChI is InChI=1S/C11H20N4O2S/c1-4-5-7(6-17-3)14-10(16)8-9(12)15-11(13-2)18-8/h7H,4-6,12H2,1-3H3,(H,13,15)(H,14,16). The lowest BCUT2D eigenvalue weighted by Gasteiger charge is -2.16. The lowest BCUT2D eigenvalue weighted by molar-refractivity contribution is 0.0896. The van der Waals surface area contributed by atoms with E-state index in [-0.39, 0.29) is 17.8 Å². The van der Waals surface area contributed by atoms with Crippen LogP contribution in [0.5, 0.6) is 0 Å². The maximum atomic E-state index is 12.1. The van der Waals surface area contributed by atoms with E-state index in [1.54, 1.807) is 14.2 Å². The summed E-state index contributed by atoms with van der Waals surface area (Å²) in [6.07, 6.45) is 1.85. The molecule has 0 aromatic carbocycles. The Morgan fingerprint density at radius 2 is 2.33 bits per heavy atom. The molecule has 1 amide bonds. The van der Waals surface area contributed by atoms with Gasteiger partial charge in [-0.25, -0.2) is 4.98 Å². The van der Waals surface area contributed by atoms with Crippen LogP contribution < -0.4 is 16.4 Å². The summed E-state index contributed by atoms with van der Waals surface area (Å²) in [5, 5.41) is 6.42. The predicted molar refractivity (Wildman–Crippen MR) is 74.1 cm³/mol. The number of anilines is 2. The molecule has 1 heterocycles. The van der Waals surface area contributed by atoms with Crippen LogP contribution in [0.25, 0.3) is 0 Å². The Kier molecular flexibility index (Phi) is 5.87. The highest BCUT2D eigenvalue weighted by atomic mass is 32.1. The summed E-state index contributed by atoms with van der Waals surface area (Å²) >= 11 is 1.25. The molecule has 1 atom stereocenters. The Morgan fingerprint density at radius 3 is 2.83 bits per heavy atom. The second kappa shape index (κ2) is 7.17. The van der Waals surface area contributed by atoms with Gasteiger partial charge in [-0.2, -0.15) is 0 Å². The van der Waals surface area contributed by atoms with Crippen LogP contribution in [0.2, 0.25) is 0 Å². The van der Waals surface area contributed by atoms with Gasteiger partial charge in [-0.1, -0.05) is 24.7 Å². The van der Waals surface area contributed by atoms with Crippen molar-refractivity contribution in [1.29, 1.82) is 0 Å². The number of ether oxygens (including phenoxy) is 1. The van der Waals surface area contributed by atoms with E-state index in [2.05, 4.69) is 22.5 Å². The highest BCUT2D eigenvalue weighted by Gasteiger charge is 2.18. The number of nitrogens with zero attached hydrogens (tertiary/aromatic N) is 1. The highest BCUT2D eigenvalue weighted by molar-refractivity contribution is 7.18. The number of thiazole rings is 1. The lowest BCUT2D eigenvalue weighted by atomic mass is 10.2. The fourth-order valence-corrected chi connectivity index (χ4v) is 2.34. The number of nitrogen functional groups attached to an aromatic ring is 1. The molecule has 0 radical (unpaired) electrons.